The first kappa shape index (κ1) is 10.3. The smallest absolute Gasteiger partial charge is 0.123 e. The van der Waals surface area contributed by atoms with Crippen LogP contribution in [0.4, 0.5) is 0 Å². The van der Waals surface area contributed by atoms with Crippen LogP contribution in [0.25, 0.3) is 0 Å². The molecule has 0 fully saturated rings. The van der Waals surface area contributed by atoms with Crippen molar-refractivity contribution in [2.24, 2.45) is 11.8 Å². The van der Waals surface area contributed by atoms with Crippen molar-refractivity contribution < 1.29 is 9.59 Å². The van der Waals surface area contributed by atoms with Gasteiger partial charge in [-0.3, -0.25) is 0 Å². The third-order valence-electron chi connectivity index (χ3n) is 2.17. The van der Waals surface area contributed by atoms with Gasteiger partial charge in [-0.15, -0.1) is 0 Å². The van der Waals surface area contributed by atoms with Gasteiger partial charge in [0.2, 0.25) is 0 Å². The molecule has 2 heteroatoms. The Bertz CT molecular complexity index is 121. The molecular weight excluding hydrogens is 140 g/mol. The van der Waals surface area contributed by atoms with E-state index in [-0.39, 0.29) is 5.92 Å². The molecule has 0 spiro atoms. The van der Waals surface area contributed by atoms with E-state index in [0.29, 0.717) is 18.8 Å². The average Bonchev–Trinajstić information content (AvgIpc) is 2.05. The summed E-state index contributed by atoms with van der Waals surface area (Å²) in [6, 6.07) is 0. The predicted octanol–water partition coefficient (Wildman–Crippen LogP) is 1.83. The van der Waals surface area contributed by atoms with E-state index in [9.17, 15) is 9.59 Å². The third kappa shape index (κ3) is 3.91. The Morgan fingerprint density at radius 1 is 1.36 bits per heavy atom. The van der Waals surface area contributed by atoms with Crippen LogP contribution in [0.1, 0.15) is 33.1 Å². The molecule has 11 heavy (non-hydrogen) atoms. The molecule has 0 radical (unpaired) electrons. The second-order valence-electron chi connectivity index (χ2n) is 2.93. The fourth-order valence-electron chi connectivity index (χ4n) is 1.05. The van der Waals surface area contributed by atoms with Gasteiger partial charge in [0.05, 0.1) is 0 Å². The molecule has 0 aliphatic heterocycles. The molecule has 0 aliphatic carbocycles. The Balaban J connectivity index is 3.73. The summed E-state index contributed by atoms with van der Waals surface area (Å²) < 4.78 is 0. The number of hydrogen-bond donors (Lipinski definition) is 0. The molecule has 0 aromatic heterocycles. The maximum absolute atomic E-state index is 10.5. The summed E-state index contributed by atoms with van der Waals surface area (Å²) in [6.45, 7) is 4.10. The molecule has 0 heterocycles. The highest BCUT2D eigenvalue weighted by molar-refractivity contribution is 5.56. The lowest BCUT2D eigenvalue weighted by Crippen LogP contribution is -2.12. The van der Waals surface area contributed by atoms with Crippen molar-refractivity contribution in [1.29, 1.82) is 0 Å². The van der Waals surface area contributed by atoms with Crippen molar-refractivity contribution in [3.8, 4) is 0 Å². The summed E-state index contributed by atoms with van der Waals surface area (Å²) in [7, 11) is 0. The van der Waals surface area contributed by atoms with E-state index in [0.717, 1.165) is 19.0 Å². The lowest BCUT2D eigenvalue weighted by molar-refractivity contribution is -0.113. The number of rotatable bonds is 6. The van der Waals surface area contributed by atoms with E-state index in [1.54, 1.807) is 0 Å². The predicted molar refractivity (Wildman–Crippen MR) is 44.3 cm³/mol. The molecule has 0 N–H and O–H groups in total. The van der Waals surface area contributed by atoms with Gasteiger partial charge in [0.1, 0.15) is 12.6 Å². The summed E-state index contributed by atoms with van der Waals surface area (Å²) in [5, 5.41) is 0. The lowest BCUT2D eigenvalue weighted by Gasteiger charge is -2.14. The van der Waals surface area contributed by atoms with Crippen molar-refractivity contribution in [2.45, 2.75) is 33.1 Å². The monoisotopic (exact) mass is 156 g/mol. The molecular formula is C9H16O2. The number of hydrogen-bond acceptors (Lipinski definition) is 2. The largest absolute Gasteiger partial charge is 0.303 e. The Labute approximate surface area is 68.0 Å². The zero-order valence-electron chi connectivity index (χ0n) is 7.25. The minimum atomic E-state index is 0.0743. The zero-order valence-corrected chi connectivity index (χ0v) is 7.25. The maximum Gasteiger partial charge on any atom is 0.123 e. The molecule has 2 atom stereocenters. The second-order valence-corrected chi connectivity index (χ2v) is 2.93. The van der Waals surface area contributed by atoms with Gasteiger partial charge >= 0.3 is 0 Å². The van der Waals surface area contributed by atoms with Crippen LogP contribution >= 0.6 is 0 Å². The van der Waals surface area contributed by atoms with Crippen LogP contribution in [0.3, 0.4) is 0 Å². The van der Waals surface area contributed by atoms with E-state index >= 15 is 0 Å². The van der Waals surface area contributed by atoms with Crippen molar-refractivity contribution in [2.75, 3.05) is 0 Å². The summed E-state index contributed by atoms with van der Waals surface area (Å²) in [6.07, 6.45) is 4.06. The van der Waals surface area contributed by atoms with E-state index in [1.807, 2.05) is 6.92 Å². The van der Waals surface area contributed by atoms with Crippen LogP contribution in [0.2, 0.25) is 0 Å². The molecule has 2 unspecified atom stereocenters. The Morgan fingerprint density at radius 3 is 2.36 bits per heavy atom. The highest BCUT2D eigenvalue weighted by Gasteiger charge is 2.13. The molecule has 0 amide bonds. The van der Waals surface area contributed by atoms with Crippen LogP contribution < -0.4 is 0 Å². The lowest BCUT2D eigenvalue weighted by atomic mass is 9.89. The summed E-state index contributed by atoms with van der Waals surface area (Å²) in [5.74, 6) is 0.484. The van der Waals surface area contributed by atoms with Gasteiger partial charge in [-0.25, -0.2) is 0 Å². The van der Waals surface area contributed by atoms with Gasteiger partial charge < -0.3 is 9.59 Å². The van der Waals surface area contributed by atoms with Gasteiger partial charge in [0.15, 0.2) is 0 Å². The van der Waals surface area contributed by atoms with Crippen molar-refractivity contribution in [3.05, 3.63) is 0 Å². The Hall–Kier alpha value is -0.660. The summed E-state index contributed by atoms with van der Waals surface area (Å²) >= 11 is 0. The van der Waals surface area contributed by atoms with Crippen molar-refractivity contribution >= 4 is 12.6 Å². The van der Waals surface area contributed by atoms with Crippen LogP contribution in [0.15, 0.2) is 0 Å². The SMILES string of the molecule is CCC(C)C(C=O)CCC=O. The van der Waals surface area contributed by atoms with E-state index in [1.165, 1.54) is 0 Å². The molecule has 0 saturated carbocycles. The van der Waals surface area contributed by atoms with Crippen LogP contribution in [-0.4, -0.2) is 12.6 Å². The fraction of sp³-hybridized carbons (Fsp3) is 0.778. The quantitative estimate of drug-likeness (QED) is 0.550. The highest BCUT2D eigenvalue weighted by Crippen LogP contribution is 2.17. The Kier molecular flexibility index (Phi) is 5.71. The molecule has 0 aromatic carbocycles. The topological polar surface area (TPSA) is 34.1 Å². The number of carbonyl (C=O) groups is 2. The molecule has 0 aliphatic rings. The van der Waals surface area contributed by atoms with E-state index in [2.05, 4.69) is 6.92 Å². The molecule has 64 valence electrons. The maximum atomic E-state index is 10.5. The molecule has 0 bridgehead atoms. The molecule has 0 aromatic rings. The minimum absolute atomic E-state index is 0.0743. The van der Waals surface area contributed by atoms with Crippen LogP contribution in [0, 0.1) is 11.8 Å². The normalized spacial score (nSPS) is 15.5. The molecule has 0 rings (SSSR count). The van der Waals surface area contributed by atoms with Gasteiger partial charge in [-0.05, 0) is 12.3 Å². The van der Waals surface area contributed by atoms with Gasteiger partial charge in [-0.1, -0.05) is 20.3 Å². The van der Waals surface area contributed by atoms with Crippen LogP contribution in [-0.2, 0) is 9.59 Å². The first-order valence-corrected chi connectivity index (χ1v) is 4.15. The molecule has 2 nitrogen and oxygen atoms in total. The summed E-state index contributed by atoms with van der Waals surface area (Å²) in [5.41, 5.74) is 0. The molecule has 0 saturated heterocycles. The highest BCUT2D eigenvalue weighted by atomic mass is 16.1. The number of carbonyl (C=O) groups excluding carboxylic acids is 2. The third-order valence-corrected chi connectivity index (χ3v) is 2.17. The number of aldehydes is 2. The van der Waals surface area contributed by atoms with E-state index in [4.69, 9.17) is 0 Å². The second kappa shape index (κ2) is 6.08. The van der Waals surface area contributed by atoms with Gasteiger partial charge in [-0.2, -0.15) is 0 Å². The van der Waals surface area contributed by atoms with Gasteiger partial charge in [0, 0.05) is 12.3 Å². The summed E-state index contributed by atoms with van der Waals surface area (Å²) in [4.78, 5) is 20.5. The average molecular weight is 156 g/mol. The van der Waals surface area contributed by atoms with Crippen molar-refractivity contribution in [1.82, 2.24) is 0 Å². The van der Waals surface area contributed by atoms with Crippen molar-refractivity contribution in [3.63, 3.8) is 0 Å². The van der Waals surface area contributed by atoms with E-state index < -0.39 is 0 Å². The minimum Gasteiger partial charge on any atom is -0.303 e. The first-order valence-electron chi connectivity index (χ1n) is 4.15. The van der Waals surface area contributed by atoms with Crippen LogP contribution in [0.5, 0.6) is 0 Å². The van der Waals surface area contributed by atoms with Gasteiger partial charge in [0.25, 0.3) is 0 Å². The zero-order chi connectivity index (χ0) is 8.69. The fourth-order valence-corrected chi connectivity index (χ4v) is 1.05. The standard InChI is InChI=1S/C9H16O2/c1-3-8(2)9(7-11)5-4-6-10/h6-9H,3-5H2,1-2H3. The first-order chi connectivity index (χ1) is 5.26. The Morgan fingerprint density at radius 2 is 2.00 bits per heavy atom.